The van der Waals surface area contributed by atoms with E-state index in [1.54, 1.807) is 7.11 Å². The van der Waals surface area contributed by atoms with Crippen molar-refractivity contribution in [3.63, 3.8) is 0 Å². The number of methoxy groups -OCH3 is 1. The molecule has 19 heavy (non-hydrogen) atoms. The zero-order valence-electron chi connectivity index (χ0n) is 11.1. The molecule has 0 bridgehead atoms. The van der Waals surface area contributed by atoms with Gasteiger partial charge in [0.25, 0.3) is 0 Å². The first-order valence-electron chi connectivity index (χ1n) is 6.04. The Labute approximate surface area is 112 Å². The van der Waals surface area contributed by atoms with Crippen LogP contribution in [0.5, 0.6) is 0 Å². The number of nitrogens with zero attached hydrogens (tertiary/aromatic N) is 1. The molecule has 0 saturated carbocycles. The SMILES string of the molecule is COC(C)CCC(=O)NCc1ccc(C#N)cc1F. The molecule has 1 rings (SSSR count). The molecule has 0 spiro atoms. The third-order valence-corrected chi connectivity index (χ3v) is 2.84. The van der Waals surface area contributed by atoms with E-state index in [0.717, 1.165) is 6.07 Å². The average Bonchev–Trinajstić information content (AvgIpc) is 2.43. The number of carbonyl (C=O) groups is 1. The molecular weight excluding hydrogens is 247 g/mol. The maximum absolute atomic E-state index is 13.5. The first-order chi connectivity index (χ1) is 9.06. The van der Waals surface area contributed by atoms with E-state index in [2.05, 4.69) is 5.32 Å². The lowest BCUT2D eigenvalue weighted by Gasteiger charge is -2.09. The molecular formula is C14H17FN2O2. The highest BCUT2D eigenvalue weighted by Gasteiger charge is 2.08. The number of hydrogen-bond donors (Lipinski definition) is 1. The van der Waals surface area contributed by atoms with E-state index in [0.29, 0.717) is 18.4 Å². The van der Waals surface area contributed by atoms with E-state index in [1.165, 1.54) is 12.1 Å². The summed E-state index contributed by atoms with van der Waals surface area (Å²) in [5.74, 6) is -0.628. The van der Waals surface area contributed by atoms with Crippen molar-refractivity contribution in [2.75, 3.05) is 7.11 Å². The number of nitrogens with one attached hydrogen (secondary N) is 1. The number of amides is 1. The molecule has 0 heterocycles. The largest absolute Gasteiger partial charge is 0.382 e. The highest BCUT2D eigenvalue weighted by atomic mass is 19.1. The van der Waals surface area contributed by atoms with Crippen LogP contribution in [0.1, 0.15) is 30.9 Å². The molecule has 1 unspecified atom stereocenters. The first kappa shape index (κ1) is 15.1. The summed E-state index contributed by atoms with van der Waals surface area (Å²) in [6.45, 7) is 2.01. The fourth-order valence-electron chi connectivity index (χ4n) is 1.49. The van der Waals surface area contributed by atoms with Crippen LogP contribution in [0.15, 0.2) is 18.2 Å². The summed E-state index contributed by atoms with van der Waals surface area (Å²) in [6, 6.07) is 6.05. The Balaban J connectivity index is 2.44. The van der Waals surface area contributed by atoms with Crippen molar-refractivity contribution in [2.45, 2.75) is 32.4 Å². The minimum absolute atomic E-state index is 0.0254. The van der Waals surface area contributed by atoms with Crippen LogP contribution in [0, 0.1) is 17.1 Å². The van der Waals surface area contributed by atoms with Gasteiger partial charge in [-0.25, -0.2) is 4.39 Å². The molecule has 1 aromatic carbocycles. The van der Waals surface area contributed by atoms with Crippen molar-refractivity contribution in [2.24, 2.45) is 0 Å². The van der Waals surface area contributed by atoms with Crippen LogP contribution in [-0.2, 0) is 16.1 Å². The van der Waals surface area contributed by atoms with Gasteiger partial charge in [0.15, 0.2) is 0 Å². The Morgan fingerprint density at radius 3 is 2.89 bits per heavy atom. The maximum atomic E-state index is 13.5. The minimum Gasteiger partial charge on any atom is -0.382 e. The summed E-state index contributed by atoms with van der Waals surface area (Å²) in [6.07, 6.45) is 0.989. The molecule has 4 nitrogen and oxygen atoms in total. The van der Waals surface area contributed by atoms with Gasteiger partial charge in [0, 0.05) is 25.6 Å². The molecule has 0 aliphatic heterocycles. The number of hydrogen-bond acceptors (Lipinski definition) is 3. The molecule has 0 fully saturated rings. The van der Waals surface area contributed by atoms with Gasteiger partial charge in [0.05, 0.1) is 17.7 Å². The zero-order chi connectivity index (χ0) is 14.3. The molecule has 102 valence electrons. The first-order valence-corrected chi connectivity index (χ1v) is 6.04. The summed E-state index contributed by atoms with van der Waals surface area (Å²) in [5, 5.41) is 11.3. The van der Waals surface area contributed by atoms with E-state index >= 15 is 0 Å². The molecule has 0 saturated heterocycles. The van der Waals surface area contributed by atoms with Gasteiger partial charge in [-0.1, -0.05) is 6.07 Å². The Morgan fingerprint density at radius 2 is 2.32 bits per heavy atom. The lowest BCUT2D eigenvalue weighted by Crippen LogP contribution is -2.24. The molecule has 0 aliphatic rings. The van der Waals surface area contributed by atoms with Crippen molar-refractivity contribution in [3.05, 3.63) is 35.1 Å². The summed E-state index contributed by atoms with van der Waals surface area (Å²) in [5.41, 5.74) is 0.633. The third-order valence-electron chi connectivity index (χ3n) is 2.84. The van der Waals surface area contributed by atoms with E-state index in [1.807, 2.05) is 13.0 Å². The molecule has 0 radical (unpaired) electrons. The normalized spacial score (nSPS) is 11.7. The van der Waals surface area contributed by atoms with E-state index in [4.69, 9.17) is 10.00 Å². The van der Waals surface area contributed by atoms with Crippen LogP contribution >= 0.6 is 0 Å². The second-order valence-corrected chi connectivity index (χ2v) is 4.28. The number of rotatable bonds is 6. The second kappa shape index (κ2) is 7.49. The van der Waals surface area contributed by atoms with Crippen LogP contribution in [-0.4, -0.2) is 19.1 Å². The van der Waals surface area contributed by atoms with Crippen molar-refractivity contribution in [1.29, 1.82) is 5.26 Å². The van der Waals surface area contributed by atoms with Gasteiger partial charge in [-0.2, -0.15) is 5.26 Å². The summed E-state index contributed by atoms with van der Waals surface area (Å²) >= 11 is 0. The molecule has 1 amide bonds. The zero-order valence-corrected chi connectivity index (χ0v) is 11.1. The Bertz CT molecular complexity index is 483. The lowest BCUT2D eigenvalue weighted by molar-refractivity contribution is -0.121. The highest BCUT2D eigenvalue weighted by Crippen LogP contribution is 2.10. The predicted octanol–water partition coefficient (Wildman–Crippen LogP) is 2.13. The van der Waals surface area contributed by atoms with E-state index < -0.39 is 5.82 Å². The van der Waals surface area contributed by atoms with Crippen LogP contribution in [0.3, 0.4) is 0 Å². The second-order valence-electron chi connectivity index (χ2n) is 4.28. The van der Waals surface area contributed by atoms with Gasteiger partial charge in [0.1, 0.15) is 5.82 Å². The lowest BCUT2D eigenvalue weighted by atomic mass is 10.1. The molecule has 1 atom stereocenters. The van der Waals surface area contributed by atoms with Gasteiger partial charge in [-0.05, 0) is 25.5 Å². The number of nitriles is 1. The van der Waals surface area contributed by atoms with Crippen molar-refractivity contribution in [1.82, 2.24) is 5.32 Å². The smallest absolute Gasteiger partial charge is 0.220 e. The van der Waals surface area contributed by atoms with Crippen molar-refractivity contribution >= 4 is 5.91 Å². The monoisotopic (exact) mass is 264 g/mol. The van der Waals surface area contributed by atoms with Crippen molar-refractivity contribution < 1.29 is 13.9 Å². The number of halogens is 1. The molecule has 0 aliphatic carbocycles. The standard InChI is InChI=1S/C14H17FN2O2/c1-10(19-2)3-6-14(18)17-9-12-5-4-11(8-16)7-13(12)15/h4-5,7,10H,3,6,9H2,1-2H3,(H,17,18). The Morgan fingerprint density at radius 1 is 1.58 bits per heavy atom. The highest BCUT2D eigenvalue weighted by molar-refractivity contribution is 5.75. The topological polar surface area (TPSA) is 62.1 Å². The molecule has 5 heteroatoms. The van der Waals surface area contributed by atoms with Crippen molar-refractivity contribution in [3.8, 4) is 6.07 Å². The third kappa shape index (κ3) is 5.06. The minimum atomic E-state index is -0.482. The van der Waals surface area contributed by atoms with Gasteiger partial charge in [0.2, 0.25) is 5.91 Å². The molecule has 1 N–H and O–H groups in total. The van der Waals surface area contributed by atoms with Gasteiger partial charge < -0.3 is 10.1 Å². The Kier molecular flexibility index (Phi) is 5.97. The van der Waals surface area contributed by atoms with Gasteiger partial charge >= 0.3 is 0 Å². The summed E-state index contributed by atoms with van der Waals surface area (Å²) in [7, 11) is 1.59. The number of benzene rings is 1. The van der Waals surface area contributed by atoms with Crippen LogP contribution in [0.2, 0.25) is 0 Å². The van der Waals surface area contributed by atoms with Crippen LogP contribution in [0.25, 0.3) is 0 Å². The fourth-order valence-corrected chi connectivity index (χ4v) is 1.49. The maximum Gasteiger partial charge on any atom is 0.220 e. The number of carbonyl (C=O) groups excluding carboxylic acids is 1. The number of ether oxygens (including phenoxy) is 1. The molecule has 0 aromatic heterocycles. The van der Waals surface area contributed by atoms with Gasteiger partial charge in [-0.3, -0.25) is 4.79 Å². The predicted molar refractivity (Wildman–Crippen MR) is 68.7 cm³/mol. The fraction of sp³-hybridized carbons (Fsp3) is 0.429. The Hall–Kier alpha value is -1.93. The van der Waals surface area contributed by atoms with E-state index in [9.17, 15) is 9.18 Å². The summed E-state index contributed by atoms with van der Waals surface area (Å²) < 4.78 is 18.6. The summed E-state index contributed by atoms with van der Waals surface area (Å²) in [4.78, 5) is 11.5. The van der Waals surface area contributed by atoms with Crippen LogP contribution < -0.4 is 5.32 Å². The van der Waals surface area contributed by atoms with Crippen LogP contribution in [0.4, 0.5) is 4.39 Å². The van der Waals surface area contributed by atoms with E-state index in [-0.39, 0.29) is 24.1 Å². The average molecular weight is 264 g/mol. The quantitative estimate of drug-likeness (QED) is 0.856. The molecule has 1 aromatic rings. The van der Waals surface area contributed by atoms with Gasteiger partial charge in [-0.15, -0.1) is 0 Å².